The van der Waals surface area contributed by atoms with Crippen molar-refractivity contribution >= 4 is 0 Å². The van der Waals surface area contributed by atoms with E-state index in [0.29, 0.717) is 0 Å². The molecule has 0 aliphatic heterocycles. The van der Waals surface area contributed by atoms with Crippen molar-refractivity contribution in [1.82, 2.24) is 0 Å². The van der Waals surface area contributed by atoms with Crippen LogP contribution in [0.15, 0.2) is 255 Å². The molecule has 0 radical (unpaired) electrons. The van der Waals surface area contributed by atoms with Gasteiger partial charge in [-0.15, -0.1) is 0 Å². The van der Waals surface area contributed by atoms with E-state index in [1.807, 2.05) is 0 Å². The van der Waals surface area contributed by atoms with Crippen molar-refractivity contribution < 1.29 is 9.13 Å². The van der Waals surface area contributed by atoms with Gasteiger partial charge in [-0.2, -0.15) is 9.13 Å². The zero-order valence-electron chi connectivity index (χ0n) is 33.9. The first-order valence-corrected chi connectivity index (χ1v) is 21.0. The molecule has 0 bridgehead atoms. The normalized spacial score (nSPS) is 11.0. The zero-order valence-corrected chi connectivity index (χ0v) is 33.9. The summed E-state index contributed by atoms with van der Waals surface area (Å²) in [5, 5.41) is 0. The molecule has 2 heteroatoms. The number of rotatable bonds is 10. The van der Waals surface area contributed by atoms with Crippen molar-refractivity contribution in [3.63, 3.8) is 0 Å². The molecule has 0 atom stereocenters. The molecular weight excluding hydrogens is 737 g/mol. The number of hydrogen-bond acceptors (Lipinski definition) is 0. The predicted octanol–water partition coefficient (Wildman–Crippen LogP) is 13.8. The third-order valence-electron chi connectivity index (χ3n) is 11.4. The van der Waals surface area contributed by atoms with Gasteiger partial charge in [-0.05, 0) is 88.3 Å². The van der Waals surface area contributed by atoms with E-state index >= 15 is 0 Å². The molecule has 10 aromatic rings. The molecule has 2 nitrogen and oxygen atoms in total. The van der Waals surface area contributed by atoms with Crippen LogP contribution in [0.1, 0.15) is 11.1 Å². The van der Waals surface area contributed by atoms with E-state index in [2.05, 4.69) is 264 Å². The fraction of sp³-hybridized carbons (Fsp3) is 0.0169. The highest BCUT2D eigenvalue weighted by atomic mass is 15.0. The Morgan fingerprint density at radius 2 is 0.443 bits per heavy atom. The summed E-state index contributed by atoms with van der Waals surface area (Å²) in [5.41, 5.74) is 18.8. The lowest BCUT2D eigenvalue weighted by Gasteiger charge is -2.13. The Hall–Kier alpha value is -7.94. The molecule has 288 valence electrons. The van der Waals surface area contributed by atoms with Gasteiger partial charge in [0.15, 0.2) is 0 Å². The lowest BCUT2D eigenvalue weighted by atomic mass is 9.98. The molecule has 2 aromatic heterocycles. The molecule has 0 saturated heterocycles. The van der Waals surface area contributed by atoms with E-state index in [1.165, 1.54) is 55.6 Å². The van der Waals surface area contributed by atoms with Crippen LogP contribution in [0, 0.1) is 0 Å². The summed E-state index contributed by atoms with van der Waals surface area (Å²) >= 11 is 0. The number of pyridine rings is 2. The summed E-state index contributed by atoms with van der Waals surface area (Å²) < 4.78 is 4.81. The van der Waals surface area contributed by atoms with Crippen molar-refractivity contribution in [2.75, 3.05) is 0 Å². The van der Waals surface area contributed by atoms with E-state index in [-0.39, 0.29) is 0 Å². The average Bonchev–Trinajstić information content (AvgIpc) is 3.35. The quantitative estimate of drug-likeness (QED) is 0.122. The Balaban J connectivity index is 1.02. The standard InChI is InChI=1S/C59H44N2/c1-7-19-46(20-8-1)52-40-56(48-23-11-3-12-24-48)60(57(41-52)49-25-13-4-14-26-49)54-35-31-44(32-36-54)39-45-33-37-55(38-34-45)61-58(50-27-15-5-16-28-50)42-53(47-21-9-2-10-22-47)43-59(61)51-29-17-6-18-30-51/h1-38,40-43H,39H2/q+2. The summed E-state index contributed by atoms with van der Waals surface area (Å²) in [6, 6.07) is 91.8. The third kappa shape index (κ3) is 7.96. The molecule has 2 heterocycles. The van der Waals surface area contributed by atoms with Crippen molar-refractivity contribution in [2.24, 2.45) is 0 Å². The molecule has 0 unspecified atom stereocenters. The van der Waals surface area contributed by atoms with E-state index in [1.54, 1.807) is 0 Å². The summed E-state index contributed by atoms with van der Waals surface area (Å²) in [7, 11) is 0. The van der Waals surface area contributed by atoms with Gasteiger partial charge >= 0.3 is 0 Å². The summed E-state index contributed by atoms with van der Waals surface area (Å²) in [6.07, 6.45) is 0.823. The largest absolute Gasteiger partial charge is 0.219 e. The molecule has 0 fully saturated rings. The first-order valence-electron chi connectivity index (χ1n) is 21.0. The molecule has 0 N–H and O–H groups in total. The van der Waals surface area contributed by atoms with Crippen molar-refractivity contribution in [2.45, 2.75) is 6.42 Å². The van der Waals surface area contributed by atoms with Gasteiger partial charge in [0.2, 0.25) is 34.2 Å². The number of hydrogen-bond donors (Lipinski definition) is 0. The highest BCUT2D eigenvalue weighted by molar-refractivity contribution is 5.76. The first-order chi connectivity index (χ1) is 30.2. The van der Waals surface area contributed by atoms with Crippen LogP contribution < -0.4 is 9.13 Å². The van der Waals surface area contributed by atoms with E-state index < -0.39 is 0 Å². The molecule has 8 aromatic carbocycles. The number of aromatic nitrogens is 2. The summed E-state index contributed by atoms with van der Waals surface area (Å²) in [4.78, 5) is 0. The van der Waals surface area contributed by atoms with Gasteiger partial charge < -0.3 is 0 Å². The van der Waals surface area contributed by atoms with Gasteiger partial charge in [0, 0.05) is 70.8 Å². The van der Waals surface area contributed by atoms with Crippen LogP contribution in [0.25, 0.3) is 78.7 Å². The maximum atomic E-state index is 2.41. The second-order valence-corrected chi connectivity index (χ2v) is 15.4. The minimum Gasteiger partial charge on any atom is -0.153 e. The zero-order chi connectivity index (χ0) is 40.8. The van der Waals surface area contributed by atoms with Crippen LogP contribution in [0.3, 0.4) is 0 Å². The number of benzene rings is 8. The summed E-state index contributed by atoms with van der Waals surface area (Å²) in [6.45, 7) is 0. The lowest BCUT2D eigenvalue weighted by Crippen LogP contribution is -2.36. The van der Waals surface area contributed by atoms with Crippen LogP contribution in [-0.2, 0) is 6.42 Å². The van der Waals surface area contributed by atoms with Gasteiger partial charge in [0.05, 0.1) is 0 Å². The monoisotopic (exact) mass is 780 g/mol. The summed E-state index contributed by atoms with van der Waals surface area (Å²) in [5.74, 6) is 0. The molecule has 0 aliphatic rings. The van der Waals surface area contributed by atoms with Gasteiger partial charge in [-0.1, -0.05) is 158 Å². The van der Waals surface area contributed by atoms with Crippen LogP contribution in [0.5, 0.6) is 0 Å². The van der Waals surface area contributed by atoms with E-state index in [4.69, 9.17) is 0 Å². The third-order valence-corrected chi connectivity index (χ3v) is 11.4. The molecule has 0 amide bonds. The predicted molar refractivity (Wildman–Crippen MR) is 251 cm³/mol. The Bertz CT molecular complexity index is 2690. The van der Waals surface area contributed by atoms with Gasteiger partial charge in [-0.3, -0.25) is 0 Å². The maximum Gasteiger partial charge on any atom is 0.219 e. The topological polar surface area (TPSA) is 7.76 Å². The molecule has 0 saturated carbocycles. The smallest absolute Gasteiger partial charge is 0.153 e. The minimum atomic E-state index is 0.823. The number of nitrogens with zero attached hydrogens (tertiary/aromatic N) is 2. The SMILES string of the molecule is c1ccc(-c2cc(-c3ccccc3)[n+](-c3ccc(Cc4ccc(-[n+]5c(-c6ccccc6)cc(-c6ccccc6)cc5-c5ccccc5)cc4)cc3)c(-c3ccccc3)c2)cc1. The van der Waals surface area contributed by atoms with Crippen LogP contribution in [0.2, 0.25) is 0 Å². The molecule has 0 aliphatic carbocycles. The van der Waals surface area contributed by atoms with E-state index in [0.717, 1.165) is 40.6 Å². The Labute approximate surface area is 358 Å². The molecule has 0 spiro atoms. The minimum absolute atomic E-state index is 0.823. The van der Waals surface area contributed by atoms with Crippen molar-refractivity contribution in [1.29, 1.82) is 0 Å². The Morgan fingerprint density at radius 3 is 0.689 bits per heavy atom. The van der Waals surface area contributed by atoms with Crippen molar-refractivity contribution in [3.8, 4) is 78.7 Å². The second-order valence-electron chi connectivity index (χ2n) is 15.4. The van der Waals surface area contributed by atoms with Crippen LogP contribution in [-0.4, -0.2) is 0 Å². The molecule has 10 rings (SSSR count). The Morgan fingerprint density at radius 1 is 0.213 bits per heavy atom. The second kappa shape index (κ2) is 17.1. The highest BCUT2D eigenvalue weighted by Crippen LogP contribution is 2.33. The van der Waals surface area contributed by atoms with Gasteiger partial charge in [-0.25, -0.2) is 0 Å². The lowest BCUT2D eigenvalue weighted by molar-refractivity contribution is -0.572. The Kier molecular flexibility index (Phi) is 10.5. The molecular formula is C59H44N2+2. The molecule has 61 heavy (non-hydrogen) atoms. The fourth-order valence-corrected chi connectivity index (χ4v) is 8.39. The van der Waals surface area contributed by atoms with Gasteiger partial charge in [0.1, 0.15) is 0 Å². The average molecular weight is 781 g/mol. The first kappa shape index (κ1) is 37.3. The van der Waals surface area contributed by atoms with Crippen molar-refractivity contribution in [3.05, 3.63) is 266 Å². The highest BCUT2D eigenvalue weighted by Gasteiger charge is 2.27. The van der Waals surface area contributed by atoms with Crippen LogP contribution in [0.4, 0.5) is 0 Å². The van der Waals surface area contributed by atoms with E-state index in [9.17, 15) is 0 Å². The fourth-order valence-electron chi connectivity index (χ4n) is 8.39. The maximum absolute atomic E-state index is 2.41. The van der Waals surface area contributed by atoms with Gasteiger partial charge in [0.25, 0.3) is 0 Å². The van der Waals surface area contributed by atoms with Crippen LogP contribution >= 0.6 is 0 Å².